The van der Waals surface area contributed by atoms with Gasteiger partial charge < -0.3 is 25.2 Å². The number of benzene rings is 1. The number of morpholine rings is 1. The van der Waals surface area contributed by atoms with Crippen LogP contribution in [0.3, 0.4) is 0 Å². The highest BCUT2D eigenvalue weighted by Crippen LogP contribution is 2.27. The zero-order valence-electron chi connectivity index (χ0n) is 21.1. The summed E-state index contributed by atoms with van der Waals surface area (Å²) in [6.45, 7) is 6.01. The molecule has 2 aliphatic heterocycles. The molecule has 0 amide bonds. The molecule has 2 fully saturated rings. The molecule has 0 spiro atoms. The van der Waals surface area contributed by atoms with E-state index in [1.807, 2.05) is 16.9 Å². The van der Waals surface area contributed by atoms with Gasteiger partial charge in [-0.15, -0.1) is 0 Å². The van der Waals surface area contributed by atoms with Crippen LogP contribution in [-0.2, 0) is 11.3 Å². The summed E-state index contributed by atoms with van der Waals surface area (Å²) in [5.41, 5.74) is 0.803. The van der Waals surface area contributed by atoms with Crippen LogP contribution in [0.5, 0.6) is 0 Å². The van der Waals surface area contributed by atoms with Crippen molar-refractivity contribution >= 4 is 35.3 Å². The third kappa shape index (κ3) is 6.58. The fraction of sp³-hybridized carbons (Fsp3) is 0.360. The van der Waals surface area contributed by atoms with Crippen LogP contribution in [0.15, 0.2) is 65.2 Å². The third-order valence-corrected chi connectivity index (χ3v) is 7.27. The number of aromatic nitrogens is 7. The number of ether oxygens (including phenoxy) is 1. The molecule has 39 heavy (non-hydrogen) atoms. The Balaban J connectivity index is 1.02. The van der Waals surface area contributed by atoms with Crippen molar-refractivity contribution in [2.45, 2.75) is 22.4 Å². The molecule has 4 aromatic rings. The zero-order valence-corrected chi connectivity index (χ0v) is 22.0. The largest absolute Gasteiger partial charge is 0.374 e. The Morgan fingerprint density at radius 2 is 1.82 bits per heavy atom. The number of piperazine rings is 1. The van der Waals surface area contributed by atoms with E-state index in [1.54, 1.807) is 24.7 Å². The molecule has 2 aliphatic rings. The molecule has 12 nitrogen and oxygen atoms in total. The highest BCUT2D eigenvalue weighted by atomic mass is 32.2. The van der Waals surface area contributed by atoms with Gasteiger partial charge in [0.2, 0.25) is 17.8 Å². The maximum Gasteiger partial charge on any atom is 0.232 e. The molecular weight excluding hydrogens is 521 g/mol. The first-order chi connectivity index (χ1) is 19.2. The SMILES string of the molecule is Fc1cccc(Sc2cnc(N3CCN(c4ncnc(Nc5cnn(CC6CNCCO6)c5)n4)CC3)nc2)c1. The predicted molar refractivity (Wildman–Crippen MR) is 145 cm³/mol. The molecular formula is C25H28FN11OS. The quantitative estimate of drug-likeness (QED) is 0.335. The van der Waals surface area contributed by atoms with Gasteiger partial charge in [0, 0.05) is 67.7 Å². The minimum absolute atomic E-state index is 0.108. The normalized spacial score (nSPS) is 17.8. The summed E-state index contributed by atoms with van der Waals surface area (Å²) in [7, 11) is 0. The van der Waals surface area contributed by atoms with Gasteiger partial charge in [-0.1, -0.05) is 17.8 Å². The number of halogens is 1. The molecule has 6 rings (SSSR count). The van der Waals surface area contributed by atoms with Crippen molar-refractivity contribution in [3.8, 4) is 0 Å². The van der Waals surface area contributed by atoms with Crippen LogP contribution >= 0.6 is 11.8 Å². The van der Waals surface area contributed by atoms with Crippen LogP contribution in [0.4, 0.5) is 27.9 Å². The van der Waals surface area contributed by atoms with Crippen molar-refractivity contribution in [3.05, 3.63) is 61.2 Å². The van der Waals surface area contributed by atoms with E-state index in [2.05, 4.69) is 50.5 Å². The minimum atomic E-state index is -0.258. The van der Waals surface area contributed by atoms with Gasteiger partial charge in [-0.2, -0.15) is 10.1 Å². The highest BCUT2D eigenvalue weighted by molar-refractivity contribution is 7.99. The molecule has 0 radical (unpaired) electrons. The summed E-state index contributed by atoms with van der Waals surface area (Å²) in [4.78, 5) is 28.3. The van der Waals surface area contributed by atoms with E-state index < -0.39 is 0 Å². The molecule has 2 saturated heterocycles. The lowest BCUT2D eigenvalue weighted by molar-refractivity contribution is 0.0161. The van der Waals surface area contributed by atoms with Gasteiger partial charge in [-0.05, 0) is 18.2 Å². The Labute approximate surface area is 229 Å². The van der Waals surface area contributed by atoms with Crippen LogP contribution in [0, 0.1) is 5.82 Å². The van der Waals surface area contributed by atoms with Gasteiger partial charge in [0.05, 0.1) is 31.1 Å². The van der Waals surface area contributed by atoms with E-state index in [9.17, 15) is 4.39 Å². The molecule has 14 heteroatoms. The Morgan fingerprint density at radius 3 is 2.59 bits per heavy atom. The number of rotatable bonds is 8. The Kier molecular flexibility index (Phi) is 7.74. The highest BCUT2D eigenvalue weighted by Gasteiger charge is 2.21. The number of hydrogen-bond donors (Lipinski definition) is 2. The summed E-state index contributed by atoms with van der Waals surface area (Å²) in [6.07, 6.45) is 8.84. The lowest BCUT2D eigenvalue weighted by Crippen LogP contribution is -2.47. The number of hydrogen-bond acceptors (Lipinski definition) is 12. The van der Waals surface area contributed by atoms with E-state index >= 15 is 0 Å². The summed E-state index contributed by atoms with van der Waals surface area (Å²) in [6, 6.07) is 6.48. The topological polar surface area (TPSA) is 122 Å². The summed E-state index contributed by atoms with van der Waals surface area (Å²) in [5, 5.41) is 11.0. The van der Waals surface area contributed by atoms with E-state index in [-0.39, 0.29) is 11.9 Å². The van der Waals surface area contributed by atoms with Crippen molar-refractivity contribution in [2.75, 3.05) is 61.0 Å². The van der Waals surface area contributed by atoms with Gasteiger partial charge in [0.1, 0.15) is 12.1 Å². The fourth-order valence-electron chi connectivity index (χ4n) is 4.40. The predicted octanol–water partition coefficient (Wildman–Crippen LogP) is 2.21. The molecule has 2 N–H and O–H groups in total. The maximum absolute atomic E-state index is 13.4. The smallest absolute Gasteiger partial charge is 0.232 e. The molecule has 0 aliphatic carbocycles. The van der Waals surface area contributed by atoms with E-state index in [0.29, 0.717) is 24.4 Å². The van der Waals surface area contributed by atoms with Crippen LogP contribution in [0.2, 0.25) is 0 Å². The number of nitrogens with one attached hydrogen (secondary N) is 2. The molecule has 3 aromatic heterocycles. The van der Waals surface area contributed by atoms with E-state index in [1.165, 1.54) is 30.2 Å². The fourth-order valence-corrected chi connectivity index (χ4v) is 5.20. The molecule has 0 saturated carbocycles. The lowest BCUT2D eigenvalue weighted by Gasteiger charge is -2.34. The Bertz CT molecular complexity index is 1370. The van der Waals surface area contributed by atoms with Crippen molar-refractivity contribution in [3.63, 3.8) is 0 Å². The molecule has 1 unspecified atom stereocenters. The van der Waals surface area contributed by atoms with Crippen molar-refractivity contribution in [2.24, 2.45) is 0 Å². The van der Waals surface area contributed by atoms with Crippen molar-refractivity contribution in [1.82, 2.24) is 40.0 Å². The Hall–Kier alpha value is -3.88. The molecule has 5 heterocycles. The molecule has 1 atom stereocenters. The van der Waals surface area contributed by atoms with Gasteiger partial charge in [0.25, 0.3) is 0 Å². The second-order valence-electron chi connectivity index (χ2n) is 9.13. The van der Waals surface area contributed by atoms with Crippen LogP contribution in [-0.4, -0.2) is 86.7 Å². The summed E-state index contributed by atoms with van der Waals surface area (Å²) < 4.78 is 21.1. The van der Waals surface area contributed by atoms with Crippen LogP contribution in [0.1, 0.15) is 0 Å². The molecule has 0 bridgehead atoms. The first-order valence-electron chi connectivity index (χ1n) is 12.7. The van der Waals surface area contributed by atoms with Gasteiger partial charge in [-0.3, -0.25) is 4.68 Å². The first-order valence-corrected chi connectivity index (χ1v) is 13.6. The second-order valence-corrected chi connectivity index (χ2v) is 10.3. The van der Waals surface area contributed by atoms with E-state index in [0.717, 1.165) is 61.4 Å². The molecule has 202 valence electrons. The zero-order chi connectivity index (χ0) is 26.4. The summed E-state index contributed by atoms with van der Waals surface area (Å²) in [5.74, 6) is 1.49. The average molecular weight is 550 g/mol. The second kappa shape index (κ2) is 11.9. The lowest BCUT2D eigenvalue weighted by atomic mass is 10.3. The van der Waals surface area contributed by atoms with Crippen molar-refractivity contribution < 1.29 is 9.13 Å². The van der Waals surface area contributed by atoms with Gasteiger partial charge in [0.15, 0.2) is 0 Å². The average Bonchev–Trinajstić information content (AvgIpc) is 3.41. The standard InChI is InChI=1S/C25H28FN11OS/c26-18-2-1-3-21(10-18)39-22-13-28-24(29-14-22)35-5-7-36(8-6-35)25-31-17-30-23(34-25)33-19-11-32-37(15-19)16-20-12-27-4-9-38-20/h1-3,10-11,13-15,17,20,27H,4-9,12,16H2,(H,30,31,33,34). The van der Waals surface area contributed by atoms with Gasteiger partial charge >= 0.3 is 0 Å². The number of nitrogens with zero attached hydrogens (tertiary/aromatic N) is 9. The summed E-state index contributed by atoms with van der Waals surface area (Å²) >= 11 is 1.43. The minimum Gasteiger partial charge on any atom is -0.374 e. The van der Waals surface area contributed by atoms with Gasteiger partial charge in [-0.25, -0.2) is 24.3 Å². The van der Waals surface area contributed by atoms with E-state index in [4.69, 9.17) is 4.74 Å². The third-order valence-electron chi connectivity index (χ3n) is 6.34. The maximum atomic E-state index is 13.4. The van der Waals surface area contributed by atoms with Crippen LogP contribution in [0.25, 0.3) is 0 Å². The Morgan fingerprint density at radius 1 is 1.00 bits per heavy atom. The van der Waals surface area contributed by atoms with Crippen molar-refractivity contribution in [1.29, 1.82) is 0 Å². The monoisotopic (exact) mass is 549 g/mol. The number of anilines is 4. The van der Waals surface area contributed by atoms with Crippen LogP contribution < -0.4 is 20.4 Å². The molecule has 1 aromatic carbocycles. The first kappa shape index (κ1) is 25.4.